The number of methoxy groups -OCH3 is 2. The number of fused-ring (bicyclic) bond motifs is 1. The fourth-order valence-corrected chi connectivity index (χ4v) is 8.82. The Morgan fingerprint density at radius 1 is 1.04 bits per heavy atom. The van der Waals surface area contributed by atoms with Gasteiger partial charge in [0.2, 0.25) is 10.0 Å². The molecular formula is C38H49N5O6S. The number of aromatic nitrogens is 3. The first-order chi connectivity index (χ1) is 24.3. The number of aryl methyl sites for hydroxylation is 1. The topological polar surface area (TPSA) is 108 Å². The van der Waals surface area contributed by atoms with Crippen molar-refractivity contribution in [2.24, 2.45) is 0 Å². The lowest BCUT2D eigenvalue weighted by molar-refractivity contribution is -0.0227. The van der Waals surface area contributed by atoms with Gasteiger partial charge in [-0.05, 0) is 80.1 Å². The fraction of sp³-hybridized carbons (Fsp3) is 0.474. The van der Waals surface area contributed by atoms with Crippen molar-refractivity contribution < 1.29 is 27.4 Å². The van der Waals surface area contributed by atoms with Crippen LogP contribution in [0.15, 0.2) is 84.3 Å². The summed E-state index contributed by atoms with van der Waals surface area (Å²) in [5, 5.41) is 4.42. The summed E-state index contributed by atoms with van der Waals surface area (Å²) in [5.41, 5.74) is 4.15. The number of benzene rings is 3. The lowest BCUT2D eigenvalue weighted by atomic mass is 9.82. The van der Waals surface area contributed by atoms with E-state index in [4.69, 9.17) is 18.9 Å². The molecule has 2 aliphatic heterocycles. The monoisotopic (exact) mass is 703 g/mol. The molecule has 50 heavy (non-hydrogen) atoms. The first-order valence-corrected chi connectivity index (χ1v) is 18.9. The second-order valence-electron chi connectivity index (χ2n) is 13.2. The number of ether oxygens (including phenoxy) is 4. The van der Waals surface area contributed by atoms with Crippen LogP contribution in [0.1, 0.15) is 61.3 Å². The zero-order chi connectivity index (χ0) is 35.1. The third-order valence-corrected chi connectivity index (χ3v) is 11.9. The maximum absolute atomic E-state index is 14.5. The van der Waals surface area contributed by atoms with Crippen LogP contribution in [-0.2, 0) is 26.1 Å². The summed E-state index contributed by atoms with van der Waals surface area (Å²) in [4.78, 5) is 6.79. The van der Waals surface area contributed by atoms with E-state index in [0.29, 0.717) is 32.7 Å². The van der Waals surface area contributed by atoms with E-state index in [1.165, 1.54) is 6.33 Å². The second-order valence-corrected chi connectivity index (χ2v) is 15.1. The van der Waals surface area contributed by atoms with Crippen LogP contribution in [0.2, 0.25) is 0 Å². The average Bonchev–Trinajstić information content (AvgIpc) is 3.68. The van der Waals surface area contributed by atoms with Crippen molar-refractivity contribution in [3.8, 4) is 11.5 Å². The first kappa shape index (κ1) is 35.8. The summed E-state index contributed by atoms with van der Waals surface area (Å²) >= 11 is 0. The highest BCUT2D eigenvalue weighted by atomic mass is 32.2. The third-order valence-electron chi connectivity index (χ3n) is 9.96. The molecule has 0 unspecified atom stereocenters. The Labute approximate surface area is 296 Å². The van der Waals surface area contributed by atoms with Crippen LogP contribution in [0.5, 0.6) is 11.5 Å². The summed E-state index contributed by atoms with van der Waals surface area (Å²) < 4.78 is 56.1. The van der Waals surface area contributed by atoms with Gasteiger partial charge >= 0.3 is 0 Å². The van der Waals surface area contributed by atoms with Crippen LogP contribution < -0.4 is 14.4 Å². The van der Waals surface area contributed by atoms with Crippen molar-refractivity contribution in [1.29, 1.82) is 0 Å². The highest BCUT2D eigenvalue weighted by molar-refractivity contribution is 7.89. The van der Waals surface area contributed by atoms with Crippen LogP contribution in [-0.4, -0.2) is 86.7 Å². The lowest BCUT2D eigenvalue weighted by Crippen LogP contribution is -2.52. The Morgan fingerprint density at radius 3 is 2.54 bits per heavy atom. The largest absolute Gasteiger partial charge is 0.497 e. The van der Waals surface area contributed by atoms with Gasteiger partial charge in [-0.1, -0.05) is 42.8 Å². The first-order valence-electron chi connectivity index (χ1n) is 17.5. The van der Waals surface area contributed by atoms with Crippen LogP contribution in [0.4, 0.5) is 5.69 Å². The van der Waals surface area contributed by atoms with Crippen molar-refractivity contribution in [2.75, 3.05) is 52.0 Å². The van der Waals surface area contributed by atoms with Gasteiger partial charge in [0.1, 0.15) is 30.8 Å². The number of rotatable bonds is 15. The fourth-order valence-electron chi connectivity index (χ4n) is 7.17. The molecule has 0 aliphatic carbocycles. The normalized spacial score (nSPS) is 20.2. The van der Waals surface area contributed by atoms with Crippen LogP contribution in [0, 0.1) is 6.92 Å². The molecule has 12 heteroatoms. The molecule has 0 bridgehead atoms. The van der Waals surface area contributed by atoms with Gasteiger partial charge in [-0.3, -0.25) is 0 Å². The summed E-state index contributed by atoms with van der Waals surface area (Å²) in [7, 11) is -0.479. The van der Waals surface area contributed by atoms with Gasteiger partial charge in [0.25, 0.3) is 0 Å². The Bertz CT molecular complexity index is 1770. The zero-order valence-electron chi connectivity index (χ0n) is 29.5. The minimum Gasteiger partial charge on any atom is -0.497 e. The van der Waals surface area contributed by atoms with Crippen molar-refractivity contribution in [3.05, 3.63) is 96.1 Å². The quantitative estimate of drug-likeness (QED) is 0.138. The van der Waals surface area contributed by atoms with Gasteiger partial charge in [0, 0.05) is 38.8 Å². The molecule has 3 heterocycles. The van der Waals surface area contributed by atoms with Gasteiger partial charge in [-0.2, -0.15) is 9.40 Å². The SMILES string of the molecule is CC[C@H](C[C@H]1C[C@H](c2ccc(OC)cc2)[C@@H](OCc2ccc3c(c2)N(CCCOC)CCO3)CN1S(=O)(=O)c1ccc(C)cc1)n1cncn1. The summed E-state index contributed by atoms with van der Waals surface area (Å²) in [6, 6.07) is 21.0. The van der Waals surface area contributed by atoms with Crippen LogP contribution in [0.25, 0.3) is 0 Å². The molecule has 0 saturated carbocycles. The molecule has 2 aliphatic rings. The molecule has 0 radical (unpaired) electrons. The predicted octanol–water partition coefficient (Wildman–Crippen LogP) is 6.00. The van der Waals surface area contributed by atoms with E-state index in [9.17, 15) is 8.42 Å². The molecular weight excluding hydrogens is 655 g/mol. The highest BCUT2D eigenvalue weighted by Crippen LogP contribution is 2.41. The number of hydrogen-bond donors (Lipinski definition) is 0. The molecule has 0 N–H and O–H groups in total. The van der Waals surface area contributed by atoms with Gasteiger partial charge in [-0.15, -0.1) is 0 Å². The summed E-state index contributed by atoms with van der Waals surface area (Å²) in [6.45, 7) is 7.62. The van der Waals surface area contributed by atoms with E-state index in [1.54, 1.807) is 37.0 Å². The molecule has 268 valence electrons. The van der Waals surface area contributed by atoms with Crippen molar-refractivity contribution in [2.45, 2.75) is 75.1 Å². The lowest BCUT2D eigenvalue weighted by Gasteiger charge is -2.44. The summed E-state index contributed by atoms with van der Waals surface area (Å²) in [5.74, 6) is 1.57. The van der Waals surface area contributed by atoms with E-state index in [-0.39, 0.29) is 29.4 Å². The van der Waals surface area contributed by atoms with Crippen molar-refractivity contribution in [3.63, 3.8) is 0 Å². The van der Waals surface area contributed by atoms with Gasteiger partial charge in [0.15, 0.2) is 0 Å². The molecule has 0 spiro atoms. The number of hydrogen-bond acceptors (Lipinski definition) is 9. The molecule has 1 saturated heterocycles. The standard InChI is InChI=1S/C38H49N5O6S/c1-5-31(42-27-39-26-40-42)22-32-23-35(30-10-12-33(47-4)13-11-30)38(24-43(32)50(44,45)34-14-7-28(2)8-15-34)49-25-29-9-16-37-36(21-29)41(18-20-48-37)17-6-19-46-3/h7-16,21,26-27,31-32,35,38H,5-6,17-20,22-25H2,1-4H3/t31-,32+,35-,38+/m1/s1. The molecule has 1 fully saturated rings. The van der Waals surface area contributed by atoms with E-state index >= 15 is 0 Å². The molecule has 4 atom stereocenters. The Morgan fingerprint density at radius 2 is 1.84 bits per heavy atom. The predicted molar refractivity (Wildman–Crippen MR) is 192 cm³/mol. The van der Waals surface area contributed by atoms with Gasteiger partial charge in [0.05, 0.1) is 43.0 Å². The highest BCUT2D eigenvalue weighted by Gasteiger charge is 2.43. The van der Waals surface area contributed by atoms with Crippen LogP contribution in [0.3, 0.4) is 0 Å². The van der Waals surface area contributed by atoms with E-state index < -0.39 is 16.1 Å². The number of piperidine rings is 1. The number of sulfonamides is 1. The van der Waals surface area contributed by atoms with Gasteiger partial charge in [-0.25, -0.2) is 18.1 Å². The molecule has 1 aromatic heterocycles. The Kier molecular flexibility index (Phi) is 11.7. The van der Waals surface area contributed by atoms with Crippen LogP contribution >= 0.6 is 0 Å². The summed E-state index contributed by atoms with van der Waals surface area (Å²) in [6.07, 6.45) is 5.72. The Balaban J connectivity index is 1.32. The maximum Gasteiger partial charge on any atom is 0.243 e. The Hall–Kier alpha value is -3.97. The maximum atomic E-state index is 14.5. The molecule has 0 amide bonds. The molecule has 3 aromatic carbocycles. The minimum absolute atomic E-state index is 0.0169. The van der Waals surface area contributed by atoms with Crippen molar-refractivity contribution >= 4 is 15.7 Å². The number of nitrogens with zero attached hydrogens (tertiary/aromatic N) is 5. The van der Waals surface area contributed by atoms with E-state index in [1.807, 2.05) is 48.0 Å². The third kappa shape index (κ3) is 8.15. The smallest absolute Gasteiger partial charge is 0.243 e. The molecule has 6 rings (SSSR count). The zero-order valence-corrected chi connectivity index (χ0v) is 30.3. The minimum atomic E-state index is -3.86. The second kappa shape index (κ2) is 16.4. The number of anilines is 1. The van der Waals surface area contributed by atoms with E-state index in [2.05, 4.69) is 40.1 Å². The molecule has 4 aromatic rings. The van der Waals surface area contributed by atoms with Crippen molar-refractivity contribution in [1.82, 2.24) is 19.1 Å². The van der Waals surface area contributed by atoms with E-state index in [0.717, 1.165) is 59.8 Å². The van der Waals surface area contributed by atoms with Gasteiger partial charge < -0.3 is 23.8 Å². The molecule has 11 nitrogen and oxygen atoms in total. The average molecular weight is 704 g/mol.